The SMILES string of the molecule is CNCC(CC1CCC(F)(F)CC1)NC(=O)N1CCCC(C(OCCN(C)C(=O)O)c2cccc(Cl)c2)C1. The topological polar surface area (TPSA) is 94.1 Å². The number of benzene rings is 1. The van der Waals surface area contributed by atoms with Gasteiger partial charge in [-0.3, -0.25) is 0 Å². The molecule has 1 aliphatic carbocycles. The van der Waals surface area contributed by atoms with Crippen molar-refractivity contribution in [1.82, 2.24) is 20.4 Å². The van der Waals surface area contributed by atoms with Crippen LogP contribution in [-0.2, 0) is 4.74 Å². The monoisotopic (exact) mass is 558 g/mol. The number of amides is 3. The first-order chi connectivity index (χ1) is 18.1. The van der Waals surface area contributed by atoms with E-state index in [4.69, 9.17) is 21.4 Å². The van der Waals surface area contributed by atoms with Crippen molar-refractivity contribution in [3.8, 4) is 0 Å². The summed E-state index contributed by atoms with van der Waals surface area (Å²) in [6.45, 7) is 2.12. The van der Waals surface area contributed by atoms with Crippen molar-refractivity contribution < 1.29 is 28.2 Å². The average Bonchev–Trinajstić information content (AvgIpc) is 2.88. The van der Waals surface area contributed by atoms with Gasteiger partial charge in [-0.1, -0.05) is 23.7 Å². The Hall–Kier alpha value is -2.17. The highest BCUT2D eigenvalue weighted by atomic mass is 35.5. The van der Waals surface area contributed by atoms with Gasteiger partial charge in [-0.25, -0.2) is 18.4 Å². The van der Waals surface area contributed by atoms with Gasteiger partial charge in [0.25, 0.3) is 0 Å². The van der Waals surface area contributed by atoms with Gasteiger partial charge in [0.05, 0.1) is 12.7 Å². The van der Waals surface area contributed by atoms with Crippen molar-refractivity contribution in [3.05, 3.63) is 34.9 Å². The summed E-state index contributed by atoms with van der Waals surface area (Å²) < 4.78 is 33.4. The highest BCUT2D eigenvalue weighted by Crippen LogP contribution is 2.38. The Kier molecular flexibility index (Phi) is 11.4. The molecule has 0 radical (unpaired) electrons. The molecule has 3 N–H and O–H groups in total. The third-order valence-electron chi connectivity index (χ3n) is 7.63. The highest BCUT2D eigenvalue weighted by Gasteiger charge is 2.36. The van der Waals surface area contributed by atoms with E-state index >= 15 is 0 Å². The number of piperidine rings is 1. The summed E-state index contributed by atoms with van der Waals surface area (Å²) in [5.41, 5.74) is 0.893. The van der Waals surface area contributed by atoms with Crippen molar-refractivity contribution in [1.29, 1.82) is 0 Å². The second-order valence-corrected chi connectivity index (χ2v) is 11.1. The second-order valence-electron chi connectivity index (χ2n) is 10.6. The van der Waals surface area contributed by atoms with Crippen LogP contribution in [0.3, 0.4) is 0 Å². The Morgan fingerprint density at radius 2 is 2.03 bits per heavy atom. The zero-order valence-corrected chi connectivity index (χ0v) is 23.1. The molecule has 1 heterocycles. The molecule has 1 saturated carbocycles. The number of carboxylic acid groups (broad SMARTS) is 1. The zero-order chi connectivity index (χ0) is 27.7. The maximum absolute atomic E-state index is 13.6. The number of likely N-dealkylation sites (N-methyl/N-ethyl adjacent to an activating group) is 2. The minimum absolute atomic E-state index is 0.00595. The fraction of sp³-hybridized carbons (Fsp3) is 0.704. The molecule has 0 spiro atoms. The van der Waals surface area contributed by atoms with E-state index < -0.39 is 12.0 Å². The van der Waals surface area contributed by atoms with E-state index in [1.165, 1.54) is 11.9 Å². The van der Waals surface area contributed by atoms with E-state index in [9.17, 15) is 18.4 Å². The number of hydrogen-bond donors (Lipinski definition) is 3. The molecule has 3 atom stereocenters. The molecule has 0 aromatic heterocycles. The van der Waals surface area contributed by atoms with Gasteiger partial charge < -0.3 is 30.3 Å². The molecule has 1 saturated heterocycles. The van der Waals surface area contributed by atoms with Crippen LogP contribution in [0.1, 0.15) is 56.6 Å². The maximum atomic E-state index is 13.6. The number of alkyl halides is 2. The van der Waals surface area contributed by atoms with Crippen LogP contribution in [0, 0.1) is 11.8 Å². The van der Waals surface area contributed by atoms with E-state index in [1.807, 2.05) is 25.2 Å². The van der Waals surface area contributed by atoms with Crippen molar-refractivity contribution in [2.24, 2.45) is 11.8 Å². The third kappa shape index (κ3) is 9.24. The quantitative estimate of drug-likeness (QED) is 0.346. The first-order valence-electron chi connectivity index (χ1n) is 13.5. The number of halogens is 3. The lowest BCUT2D eigenvalue weighted by Gasteiger charge is -2.38. The van der Waals surface area contributed by atoms with Crippen LogP contribution in [0.2, 0.25) is 5.02 Å². The van der Waals surface area contributed by atoms with Gasteiger partial charge in [0, 0.05) is 63.1 Å². The smallest absolute Gasteiger partial charge is 0.407 e. The molecule has 8 nitrogen and oxygen atoms in total. The fourth-order valence-corrected chi connectivity index (χ4v) is 5.68. The molecule has 3 rings (SSSR count). The fourth-order valence-electron chi connectivity index (χ4n) is 5.49. The van der Waals surface area contributed by atoms with Crippen LogP contribution < -0.4 is 10.6 Å². The molecule has 38 heavy (non-hydrogen) atoms. The number of likely N-dealkylation sites (tertiary alicyclic amines) is 1. The number of hydrogen-bond acceptors (Lipinski definition) is 4. The predicted molar refractivity (Wildman–Crippen MR) is 143 cm³/mol. The number of nitrogens with one attached hydrogen (secondary N) is 2. The molecular weight excluding hydrogens is 518 g/mol. The second kappa shape index (κ2) is 14.3. The Morgan fingerprint density at radius 1 is 1.29 bits per heavy atom. The van der Waals surface area contributed by atoms with E-state index in [1.54, 1.807) is 11.0 Å². The molecule has 0 bridgehead atoms. The highest BCUT2D eigenvalue weighted by molar-refractivity contribution is 6.30. The summed E-state index contributed by atoms with van der Waals surface area (Å²) in [4.78, 5) is 27.4. The Labute approximate surface area is 229 Å². The average molecular weight is 559 g/mol. The van der Waals surface area contributed by atoms with Crippen LogP contribution in [-0.4, -0.2) is 85.9 Å². The van der Waals surface area contributed by atoms with Crippen LogP contribution in [0.5, 0.6) is 0 Å². The molecule has 1 aromatic rings. The van der Waals surface area contributed by atoms with Gasteiger partial charge >= 0.3 is 12.1 Å². The normalized spacial score (nSPS) is 21.5. The lowest BCUT2D eigenvalue weighted by atomic mass is 9.83. The van der Waals surface area contributed by atoms with Gasteiger partial charge in [0.15, 0.2) is 0 Å². The Morgan fingerprint density at radius 3 is 2.68 bits per heavy atom. The predicted octanol–water partition coefficient (Wildman–Crippen LogP) is 5.23. The third-order valence-corrected chi connectivity index (χ3v) is 7.87. The molecule has 11 heteroatoms. The summed E-state index contributed by atoms with van der Waals surface area (Å²) in [6, 6.07) is 7.13. The number of nitrogens with zero attached hydrogens (tertiary/aromatic N) is 2. The van der Waals surface area contributed by atoms with E-state index in [2.05, 4.69) is 10.6 Å². The largest absolute Gasteiger partial charge is 0.465 e. The number of carbonyl (C=O) groups is 2. The molecule has 214 valence electrons. The molecule has 3 unspecified atom stereocenters. The summed E-state index contributed by atoms with van der Waals surface area (Å²) in [7, 11) is 3.31. The van der Waals surface area contributed by atoms with Crippen LogP contribution in [0.4, 0.5) is 18.4 Å². The van der Waals surface area contributed by atoms with Gasteiger partial charge in [0.2, 0.25) is 5.92 Å². The van der Waals surface area contributed by atoms with Gasteiger partial charge in [-0.15, -0.1) is 0 Å². The van der Waals surface area contributed by atoms with Crippen LogP contribution in [0.15, 0.2) is 24.3 Å². The lowest BCUT2D eigenvalue weighted by Crippen LogP contribution is -2.52. The van der Waals surface area contributed by atoms with Gasteiger partial charge in [-0.05, 0) is 62.8 Å². The Balaban J connectivity index is 1.63. The number of urea groups is 1. The summed E-state index contributed by atoms with van der Waals surface area (Å²) in [6.07, 6.45) is 1.75. The van der Waals surface area contributed by atoms with Crippen molar-refractivity contribution in [3.63, 3.8) is 0 Å². The standard InChI is InChI=1S/C27H41ClF2N4O4/c1-31-17-23(15-19-8-10-27(29,30)11-9-19)32-25(35)34-12-4-6-21(18-34)24(20-5-3-7-22(28)16-20)38-14-13-33(2)26(36)37/h3,5,7,16,19,21,23-24,31H,4,6,8-15,17-18H2,1-2H3,(H,32,35)(H,36,37). The van der Waals surface area contributed by atoms with E-state index in [0.717, 1.165) is 18.4 Å². The molecule has 2 aliphatic rings. The molecule has 1 aliphatic heterocycles. The Bertz CT molecular complexity index is 915. The van der Waals surface area contributed by atoms with Crippen molar-refractivity contribution in [2.75, 3.05) is 46.9 Å². The van der Waals surface area contributed by atoms with Gasteiger partial charge in [0.1, 0.15) is 0 Å². The molecular formula is C27H41ClF2N4O4. The van der Waals surface area contributed by atoms with Crippen molar-refractivity contribution in [2.45, 2.75) is 63.0 Å². The van der Waals surface area contributed by atoms with E-state index in [-0.39, 0.29) is 56.0 Å². The summed E-state index contributed by atoms with van der Waals surface area (Å²) in [5, 5.41) is 16.0. The summed E-state index contributed by atoms with van der Waals surface area (Å²) >= 11 is 6.25. The van der Waals surface area contributed by atoms with Crippen molar-refractivity contribution >= 4 is 23.7 Å². The minimum atomic E-state index is -2.56. The number of ether oxygens (including phenoxy) is 1. The number of carbonyl (C=O) groups excluding carboxylic acids is 1. The van der Waals surface area contributed by atoms with E-state index in [0.29, 0.717) is 43.9 Å². The first-order valence-corrected chi connectivity index (χ1v) is 13.8. The minimum Gasteiger partial charge on any atom is -0.465 e. The zero-order valence-electron chi connectivity index (χ0n) is 22.3. The maximum Gasteiger partial charge on any atom is 0.407 e. The molecule has 1 aromatic carbocycles. The van der Waals surface area contributed by atoms with Crippen LogP contribution in [0.25, 0.3) is 0 Å². The molecule has 2 fully saturated rings. The summed E-state index contributed by atoms with van der Waals surface area (Å²) in [5.74, 6) is -2.38. The molecule has 3 amide bonds. The first kappa shape index (κ1) is 30.4. The van der Waals surface area contributed by atoms with Crippen LogP contribution >= 0.6 is 11.6 Å². The number of rotatable bonds is 11. The lowest BCUT2D eigenvalue weighted by molar-refractivity contribution is -0.0473. The van der Waals surface area contributed by atoms with Gasteiger partial charge in [-0.2, -0.15) is 0 Å².